The molecule has 0 unspecified atom stereocenters. The molecule has 1 saturated heterocycles. The molecule has 1 fully saturated rings. The quantitative estimate of drug-likeness (QED) is 0.735. The molecule has 2 aliphatic rings. The Morgan fingerprint density at radius 2 is 2.05 bits per heavy atom. The first kappa shape index (κ1) is 14.4. The van der Waals surface area contributed by atoms with Gasteiger partial charge in [-0.3, -0.25) is 4.68 Å². The van der Waals surface area contributed by atoms with E-state index >= 15 is 0 Å². The van der Waals surface area contributed by atoms with Crippen LogP contribution in [0.3, 0.4) is 0 Å². The van der Waals surface area contributed by atoms with Crippen molar-refractivity contribution in [2.75, 3.05) is 13.1 Å². The Bertz CT molecular complexity index is 551. The highest BCUT2D eigenvalue weighted by Gasteiger charge is 2.46. The van der Waals surface area contributed by atoms with E-state index < -0.39 is 5.60 Å². The van der Waals surface area contributed by atoms with Gasteiger partial charge in [0.2, 0.25) is 0 Å². The predicted molar refractivity (Wildman–Crippen MR) is 76.7 cm³/mol. The second-order valence-corrected chi connectivity index (χ2v) is 6.89. The van der Waals surface area contributed by atoms with Crippen LogP contribution in [0.5, 0.6) is 0 Å². The average molecular weight is 293 g/mol. The summed E-state index contributed by atoms with van der Waals surface area (Å²) in [6.45, 7) is 7.59. The number of ether oxygens (including phenoxy) is 2. The highest BCUT2D eigenvalue weighted by molar-refractivity contribution is 5.68. The number of piperidine rings is 1. The molecule has 1 aromatic rings. The minimum Gasteiger partial charge on any atom is -0.444 e. The van der Waals surface area contributed by atoms with Crippen molar-refractivity contribution >= 4 is 6.09 Å². The Hall–Kier alpha value is -1.56. The molecule has 2 aliphatic heterocycles. The molecule has 0 saturated carbocycles. The molecule has 0 radical (unpaired) electrons. The Morgan fingerprint density at radius 3 is 2.67 bits per heavy atom. The van der Waals surface area contributed by atoms with E-state index in [1.54, 1.807) is 4.90 Å². The van der Waals surface area contributed by atoms with Gasteiger partial charge in [0, 0.05) is 25.7 Å². The Labute approximate surface area is 125 Å². The topological polar surface area (TPSA) is 56.6 Å². The van der Waals surface area contributed by atoms with E-state index in [4.69, 9.17) is 9.47 Å². The SMILES string of the molecule is Cn1ncc2c1C1(CCN(C(=O)OC(C)(C)C)CC1)OC2. The summed E-state index contributed by atoms with van der Waals surface area (Å²) in [5, 5.41) is 4.32. The summed E-state index contributed by atoms with van der Waals surface area (Å²) in [6, 6.07) is 0. The molecule has 6 nitrogen and oxygen atoms in total. The van der Waals surface area contributed by atoms with E-state index in [0.29, 0.717) is 19.7 Å². The standard InChI is InChI=1S/C15H23N3O3/c1-14(2,3)21-13(19)18-7-5-15(6-8-18)12-11(10-20-15)9-16-17(12)4/h9H,5-8,10H2,1-4H3. The zero-order valence-electron chi connectivity index (χ0n) is 13.2. The zero-order chi connectivity index (χ0) is 15.3. The van der Waals surface area contributed by atoms with Crippen LogP contribution in [-0.4, -0.2) is 39.5 Å². The van der Waals surface area contributed by atoms with Crippen LogP contribution in [0.2, 0.25) is 0 Å². The normalized spacial score (nSPS) is 20.7. The van der Waals surface area contributed by atoms with Crippen molar-refractivity contribution in [2.45, 2.75) is 51.4 Å². The van der Waals surface area contributed by atoms with Crippen molar-refractivity contribution in [1.82, 2.24) is 14.7 Å². The van der Waals surface area contributed by atoms with Crippen LogP contribution >= 0.6 is 0 Å². The molecule has 0 N–H and O–H groups in total. The van der Waals surface area contributed by atoms with Crippen molar-refractivity contribution in [2.24, 2.45) is 7.05 Å². The van der Waals surface area contributed by atoms with Gasteiger partial charge < -0.3 is 14.4 Å². The van der Waals surface area contributed by atoms with Crippen LogP contribution in [0.1, 0.15) is 44.9 Å². The van der Waals surface area contributed by atoms with Gasteiger partial charge in [0.25, 0.3) is 0 Å². The van der Waals surface area contributed by atoms with Crippen LogP contribution in [0.25, 0.3) is 0 Å². The molecule has 0 atom stereocenters. The van der Waals surface area contributed by atoms with Gasteiger partial charge in [0.1, 0.15) is 11.2 Å². The maximum Gasteiger partial charge on any atom is 0.410 e. The summed E-state index contributed by atoms with van der Waals surface area (Å²) in [5.74, 6) is 0. The fourth-order valence-electron chi connectivity index (χ4n) is 3.22. The molecule has 1 spiro atoms. The number of hydrogen-bond donors (Lipinski definition) is 0. The highest BCUT2D eigenvalue weighted by Crippen LogP contribution is 2.43. The first-order valence-corrected chi connectivity index (χ1v) is 7.44. The lowest BCUT2D eigenvalue weighted by Crippen LogP contribution is -2.47. The molecule has 3 heterocycles. The number of hydrogen-bond acceptors (Lipinski definition) is 4. The van der Waals surface area contributed by atoms with E-state index in [0.717, 1.165) is 12.8 Å². The molecule has 0 aliphatic carbocycles. The van der Waals surface area contributed by atoms with Crippen LogP contribution in [0, 0.1) is 0 Å². The van der Waals surface area contributed by atoms with Crippen molar-refractivity contribution in [1.29, 1.82) is 0 Å². The number of aryl methyl sites for hydroxylation is 1. The number of amides is 1. The molecule has 21 heavy (non-hydrogen) atoms. The summed E-state index contributed by atoms with van der Waals surface area (Å²) >= 11 is 0. The molecule has 1 amide bonds. The number of nitrogens with zero attached hydrogens (tertiary/aromatic N) is 3. The molecule has 3 rings (SSSR count). The predicted octanol–water partition coefficient (Wildman–Crippen LogP) is 2.18. The lowest BCUT2D eigenvalue weighted by molar-refractivity contribution is -0.0840. The largest absolute Gasteiger partial charge is 0.444 e. The van der Waals surface area contributed by atoms with Crippen LogP contribution in [-0.2, 0) is 28.7 Å². The van der Waals surface area contributed by atoms with E-state index in [1.807, 2.05) is 38.7 Å². The molecular weight excluding hydrogens is 270 g/mol. The van der Waals surface area contributed by atoms with E-state index in [9.17, 15) is 4.79 Å². The van der Waals surface area contributed by atoms with E-state index in [1.165, 1.54) is 11.3 Å². The minimum atomic E-state index is -0.453. The Balaban J connectivity index is 1.69. The number of likely N-dealkylation sites (tertiary alicyclic amines) is 1. The first-order chi connectivity index (χ1) is 9.81. The second kappa shape index (κ2) is 4.73. The van der Waals surface area contributed by atoms with Gasteiger partial charge in [-0.1, -0.05) is 0 Å². The van der Waals surface area contributed by atoms with Crippen molar-refractivity contribution in [3.8, 4) is 0 Å². The second-order valence-electron chi connectivity index (χ2n) is 6.89. The van der Waals surface area contributed by atoms with Crippen LogP contribution in [0.15, 0.2) is 6.20 Å². The molecule has 6 heteroatoms. The third-order valence-corrected chi connectivity index (χ3v) is 4.17. The first-order valence-electron chi connectivity index (χ1n) is 7.44. The molecule has 0 aromatic carbocycles. The third-order valence-electron chi connectivity index (χ3n) is 4.17. The smallest absolute Gasteiger partial charge is 0.410 e. The van der Waals surface area contributed by atoms with Crippen LogP contribution < -0.4 is 0 Å². The monoisotopic (exact) mass is 293 g/mol. The summed E-state index contributed by atoms with van der Waals surface area (Å²) in [5.41, 5.74) is 1.61. The van der Waals surface area contributed by atoms with E-state index in [-0.39, 0.29) is 11.7 Å². The van der Waals surface area contributed by atoms with Crippen molar-refractivity contribution in [3.63, 3.8) is 0 Å². The van der Waals surface area contributed by atoms with Gasteiger partial charge in [0.15, 0.2) is 0 Å². The van der Waals surface area contributed by atoms with Gasteiger partial charge in [0.05, 0.1) is 18.5 Å². The lowest BCUT2D eigenvalue weighted by atomic mass is 9.88. The van der Waals surface area contributed by atoms with Crippen LogP contribution in [0.4, 0.5) is 4.79 Å². The summed E-state index contributed by atoms with van der Waals surface area (Å²) in [6.07, 6.45) is 3.22. The minimum absolute atomic E-state index is 0.236. The molecule has 116 valence electrons. The number of carbonyl (C=O) groups excluding carboxylic acids is 1. The maximum absolute atomic E-state index is 12.1. The van der Waals surface area contributed by atoms with Gasteiger partial charge in [-0.15, -0.1) is 0 Å². The number of aromatic nitrogens is 2. The van der Waals surface area contributed by atoms with Gasteiger partial charge >= 0.3 is 6.09 Å². The fourth-order valence-corrected chi connectivity index (χ4v) is 3.22. The van der Waals surface area contributed by atoms with Crippen molar-refractivity contribution in [3.05, 3.63) is 17.5 Å². The summed E-state index contributed by atoms with van der Waals surface area (Å²) in [4.78, 5) is 13.9. The van der Waals surface area contributed by atoms with Crippen molar-refractivity contribution < 1.29 is 14.3 Å². The number of carbonyl (C=O) groups is 1. The molecule has 0 bridgehead atoms. The zero-order valence-corrected chi connectivity index (χ0v) is 13.2. The van der Waals surface area contributed by atoms with E-state index in [2.05, 4.69) is 5.10 Å². The average Bonchev–Trinajstić information content (AvgIpc) is 2.92. The number of rotatable bonds is 0. The summed E-state index contributed by atoms with van der Waals surface area (Å²) in [7, 11) is 1.95. The fraction of sp³-hybridized carbons (Fsp3) is 0.733. The Kier molecular flexibility index (Phi) is 3.24. The molecule has 1 aromatic heterocycles. The Morgan fingerprint density at radius 1 is 1.38 bits per heavy atom. The number of fused-ring (bicyclic) bond motifs is 2. The molecular formula is C15H23N3O3. The lowest BCUT2D eigenvalue weighted by Gasteiger charge is -2.39. The highest BCUT2D eigenvalue weighted by atomic mass is 16.6. The van der Waals surface area contributed by atoms with Gasteiger partial charge in [-0.05, 0) is 33.6 Å². The third kappa shape index (κ3) is 2.52. The van der Waals surface area contributed by atoms with Gasteiger partial charge in [-0.25, -0.2) is 4.79 Å². The summed E-state index contributed by atoms with van der Waals surface area (Å²) < 4.78 is 13.4. The maximum atomic E-state index is 12.1. The van der Waals surface area contributed by atoms with Gasteiger partial charge in [-0.2, -0.15) is 5.10 Å².